The molecule has 2 aromatic rings. The molecule has 1 aliphatic heterocycles. The summed E-state index contributed by atoms with van der Waals surface area (Å²) in [7, 11) is 0. The van der Waals surface area contributed by atoms with E-state index in [4.69, 9.17) is 0 Å². The Hall–Kier alpha value is -1.61. The fourth-order valence-corrected chi connectivity index (χ4v) is 2.94. The van der Waals surface area contributed by atoms with Crippen molar-refractivity contribution in [3.8, 4) is 11.1 Å². The molecule has 1 atom stereocenters. The van der Waals surface area contributed by atoms with Gasteiger partial charge in [0.25, 0.3) is 0 Å². The predicted octanol–water partition coefficient (Wildman–Crippen LogP) is 3.08. The summed E-state index contributed by atoms with van der Waals surface area (Å²) < 4.78 is 2.17. The zero-order valence-electron chi connectivity index (χ0n) is 12.6. The quantitative estimate of drug-likeness (QED) is 0.928. The summed E-state index contributed by atoms with van der Waals surface area (Å²) >= 11 is 0. The zero-order chi connectivity index (χ0) is 14.1. The minimum atomic E-state index is 0.723. The Labute approximate surface area is 121 Å². The highest BCUT2D eigenvalue weighted by Gasteiger charge is 2.17. The van der Waals surface area contributed by atoms with Crippen LogP contribution in [0, 0.1) is 26.7 Å². The van der Waals surface area contributed by atoms with Gasteiger partial charge < -0.3 is 5.32 Å². The molecular weight excluding hydrogens is 246 g/mol. The lowest BCUT2D eigenvalue weighted by Gasteiger charge is -2.11. The number of nitrogens with zero attached hydrogens (tertiary/aromatic N) is 2. The number of hydrogen-bond acceptors (Lipinski definition) is 2. The molecule has 106 valence electrons. The van der Waals surface area contributed by atoms with Crippen LogP contribution in [0.2, 0.25) is 0 Å². The minimum Gasteiger partial charge on any atom is -0.316 e. The maximum Gasteiger partial charge on any atom is 0.0571 e. The normalized spacial score (nSPS) is 18.6. The molecule has 1 aromatic heterocycles. The van der Waals surface area contributed by atoms with Crippen LogP contribution >= 0.6 is 0 Å². The molecule has 2 heterocycles. The lowest BCUT2D eigenvalue weighted by atomic mass is 10.0. The first-order valence-corrected chi connectivity index (χ1v) is 7.46. The van der Waals surface area contributed by atoms with Crippen LogP contribution in [0.5, 0.6) is 0 Å². The standard InChI is InChI=1S/C17H23N3/c1-12-4-5-16(8-13(12)2)17-10-19-20(14(17)3)11-15-6-7-18-9-15/h4-5,8,10,15,18H,6-7,9,11H2,1-3H3. The maximum absolute atomic E-state index is 4.60. The van der Waals surface area contributed by atoms with Gasteiger partial charge in [0.05, 0.1) is 6.20 Å². The van der Waals surface area contributed by atoms with E-state index in [0.717, 1.165) is 25.6 Å². The molecule has 3 heteroatoms. The Balaban J connectivity index is 1.87. The Morgan fingerprint density at radius 3 is 2.80 bits per heavy atom. The molecular formula is C17H23N3. The number of nitrogens with one attached hydrogen (secondary N) is 1. The van der Waals surface area contributed by atoms with Gasteiger partial charge in [-0.3, -0.25) is 4.68 Å². The van der Waals surface area contributed by atoms with Gasteiger partial charge in [0.15, 0.2) is 0 Å². The van der Waals surface area contributed by atoms with Crippen molar-refractivity contribution in [3.05, 3.63) is 41.2 Å². The molecule has 0 radical (unpaired) electrons. The van der Waals surface area contributed by atoms with Crippen molar-refractivity contribution in [2.45, 2.75) is 33.7 Å². The van der Waals surface area contributed by atoms with Crippen molar-refractivity contribution in [2.75, 3.05) is 13.1 Å². The highest BCUT2D eigenvalue weighted by atomic mass is 15.3. The van der Waals surface area contributed by atoms with E-state index >= 15 is 0 Å². The van der Waals surface area contributed by atoms with Crippen molar-refractivity contribution in [1.82, 2.24) is 15.1 Å². The summed E-state index contributed by atoms with van der Waals surface area (Å²) in [5.74, 6) is 0.723. The Kier molecular flexibility index (Phi) is 3.62. The van der Waals surface area contributed by atoms with Crippen LogP contribution < -0.4 is 5.32 Å². The molecule has 3 nitrogen and oxygen atoms in total. The lowest BCUT2D eigenvalue weighted by molar-refractivity contribution is 0.443. The van der Waals surface area contributed by atoms with Crippen molar-refractivity contribution < 1.29 is 0 Å². The SMILES string of the molecule is Cc1ccc(-c2cnn(CC3CCNC3)c2C)cc1C. The molecule has 1 fully saturated rings. The minimum absolute atomic E-state index is 0.723. The predicted molar refractivity (Wildman–Crippen MR) is 82.9 cm³/mol. The van der Waals surface area contributed by atoms with Crippen molar-refractivity contribution >= 4 is 0 Å². The van der Waals surface area contributed by atoms with Crippen molar-refractivity contribution in [1.29, 1.82) is 0 Å². The first-order valence-electron chi connectivity index (χ1n) is 7.46. The molecule has 1 unspecified atom stereocenters. The lowest BCUT2D eigenvalue weighted by Crippen LogP contribution is -2.16. The molecule has 3 rings (SSSR count). The molecule has 0 saturated carbocycles. The zero-order valence-corrected chi connectivity index (χ0v) is 12.6. The average Bonchev–Trinajstić information content (AvgIpc) is 3.05. The van der Waals surface area contributed by atoms with Gasteiger partial charge in [0.1, 0.15) is 0 Å². The van der Waals surface area contributed by atoms with Crippen LogP contribution in [0.15, 0.2) is 24.4 Å². The highest BCUT2D eigenvalue weighted by molar-refractivity contribution is 5.66. The van der Waals surface area contributed by atoms with Gasteiger partial charge in [-0.2, -0.15) is 5.10 Å². The Morgan fingerprint density at radius 1 is 1.25 bits per heavy atom. The summed E-state index contributed by atoms with van der Waals surface area (Å²) in [6.45, 7) is 9.81. The second kappa shape index (κ2) is 5.41. The first-order chi connectivity index (χ1) is 9.65. The van der Waals surface area contributed by atoms with Gasteiger partial charge in [-0.05, 0) is 62.9 Å². The van der Waals surface area contributed by atoms with E-state index in [9.17, 15) is 0 Å². The molecule has 1 saturated heterocycles. The van der Waals surface area contributed by atoms with Gasteiger partial charge in [0, 0.05) is 17.8 Å². The third-order valence-corrected chi connectivity index (χ3v) is 4.51. The average molecular weight is 269 g/mol. The number of hydrogen-bond donors (Lipinski definition) is 1. The van der Waals surface area contributed by atoms with Gasteiger partial charge in [-0.25, -0.2) is 0 Å². The summed E-state index contributed by atoms with van der Waals surface area (Å²) in [6, 6.07) is 6.66. The van der Waals surface area contributed by atoms with Gasteiger partial charge in [-0.15, -0.1) is 0 Å². The summed E-state index contributed by atoms with van der Waals surface area (Å²) in [4.78, 5) is 0. The molecule has 0 aliphatic carbocycles. The second-order valence-corrected chi connectivity index (χ2v) is 5.98. The number of rotatable bonds is 3. The van der Waals surface area contributed by atoms with E-state index in [0.29, 0.717) is 0 Å². The van der Waals surface area contributed by atoms with Crippen LogP contribution in [-0.2, 0) is 6.54 Å². The third kappa shape index (κ3) is 2.50. The van der Waals surface area contributed by atoms with E-state index in [-0.39, 0.29) is 0 Å². The fraction of sp³-hybridized carbons (Fsp3) is 0.471. The van der Waals surface area contributed by atoms with Crippen LogP contribution in [0.1, 0.15) is 23.2 Å². The molecule has 0 amide bonds. The van der Waals surface area contributed by atoms with E-state index in [2.05, 4.69) is 54.1 Å². The fourth-order valence-electron chi connectivity index (χ4n) is 2.94. The first kappa shape index (κ1) is 13.4. The van der Waals surface area contributed by atoms with Crippen LogP contribution in [0.4, 0.5) is 0 Å². The monoisotopic (exact) mass is 269 g/mol. The van der Waals surface area contributed by atoms with Gasteiger partial charge >= 0.3 is 0 Å². The van der Waals surface area contributed by atoms with Gasteiger partial charge in [-0.1, -0.05) is 18.2 Å². The molecule has 1 aliphatic rings. The van der Waals surface area contributed by atoms with E-state index in [1.807, 2.05) is 6.20 Å². The highest BCUT2D eigenvalue weighted by Crippen LogP contribution is 2.26. The van der Waals surface area contributed by atoms with Gasteiger partial charge in [0.2, 0.25) is 0 Å². The van der Waals surface area contributed by atoms with E-state index in [1.54, 1.807) is 0 Å². The van der Waals surface area contributed by atoms with Crippen molar-refractivity contribution in [2.24, 2.45) is 5.92 Å². The number of aromatic nitrogens is 2. The number of benzene rings is 1. The molecule has 20 heavy (non-hydrogen) atoms. The summed E-state index contributed by atoms with van der Waals surface area (Å²) in [5.41, 5.74) is 6.51. The smallest absolute Gasteiger partial charge is 0.0571 e. The third-order valence-electron chi connectivity index (χ3n) is 4.51. The van der Waals surface area contributed by atoms with Crippen LogP contribution in [0.3, 0.4) is 0 Å². The second-order valence-electron chi connectivity index (χ2n) is 5.98. The topological polar surface area (TPSA) is 29.9 Å². The van der Waals surface area contributed by atoms with Crippen LogP contribution in [0.25, 0.3) is 11.1 Å². The molecule has 0 spiro atoms. The van der Waals surface area contributed by atoms with E-state index < -0.39 is 0 Å². The molecule has 0 bridgehead atoms. The van der Waals surface area contributed by atoms with Crippen molar-refractivity contribution in [3.63, 3.8) is 0 Å². The largest absolute Gasteiger partial charge is 0.316 e. The number of aryl methyl sites for hydroxylation is 2. The maximum atomic E-state index is 4.60. The summed E-state index contributed by atoms with van der Waals surface area (Å²) in [6.07, 6.45) is 3.28. The van der Waals surface area contributed by atoms with E-state index in [1.165, 1.54) is 34.4 Å². The van der Waals surface area contributed by atoms with Crippen LogP contribution in [-0.4, -0.2) is 22.9 Å². The Bertz CT molecular complexity index is 607. The molecule has 1 aromatic carbocycles. The Morgan fingerprint density at radius 2 is 2.10 bits per heavy atom. The summed E-state index contributed by atoms with van der Waals surface area (Å²) in [5, 5.41) is 8.02. The molecule has 1 N–H and O–H groups in total.